The monoisotopic (exact) mass is 135 g/mol. The van der Waals surface area contributed by atoms with Crippen LogP contribution in [-0.4, -0.2) is 13.6 Å². The van der Waals surface area contributed by atoms with Crippen molar-refractivity contribution in [2.45, 2.75) is 6.42 Å². The smallest absolute Gasteiger partial charge is 0.0199 e. The molecule has 0 heterocycles. The van der Waals surface area contributed by atoms with Crippen LogP contribution in [-0.2, 0) is 0 Å². The number of allylic oxidation sites excluding steroid dienone is 3. The molecular weight excluding hydrogens is 122 g/mol. The van der Waals surface area contributed by atoms with E-state index in [1.54, 1.807) is 0 Å². The van der Waals surface area contributed by atoms with Crippen LogP contribution >= 0.6 is 0 Å². The maximum Gasteiger partial charge on any atom is 0.0199 e. The van der Waals surface area contributed by atoms with Gasteiger partial charge in [-0.2, -0.15) is 0 Å². The summed E-state index contributed by atoms with van der Waals surface area (Å²) in [6.45, 7) is 4.82. The van der Waals surface area contributed by atoms with E-state index < -0.39 is 0 Å². The molecule has 1 N–H and O–H groups in total. The Hall–Kier alpha value is -0.820. The predicted molar refractivity (Wildman–Crippen MR) is 44.9 cm³/mol. The van der Waals surface area contributed by atoms with Gasteiger partial charge in [0.1, 0.15) is 0 Å². The normalized spacial score (nSPS) is 17.3. The van der Waals surface area contributed by atoms with Crippen LogP contribution < -0.4 is 5.32 Å². The Bertz CT molecular complexity index is 187. The molecule has 0 atom stereocenters. The van der Waals surface area contributed by atoms with E-state index in [1.807, 2.05) is 7.05 Å². The van der Waals surface area contributed by atoms with E-state index in [2.05, 4.69) is 30.1 Å². The highest BCUT2D eigenvalue weighted by Crippen LogP contribution is 2.12. The quantitative estimate of drug-likeness (QED) is 0.607. The molecule has 0 amide bonds. The molecule has 0 aromatic carbocycles. The first-order valence-electron chi connectivity index (χ1n) is 3.52. The lowest BCUT2D eigenvalue weighted by Gasteiger charge is -2.06. The van der Waals surface area contributed by atoms with Crippen LogP contribution in [0, 0.1) is 0 Å². The summed E-state index contributed by atoms with van der Waals surface area (Å²) in [5.41, 5.74) is 2.55. The van der Waals surface area contributed by atoms with Gasteiger partial charge in [-0.3, -0.25) is 0 Å². The van der Waals surface area contributed by atoms with E-state index in [4.69, 9.17) is 0 Å². The van der Waals surface area contributed by atoms with Gasteiger partial charge in [0.05, 0.1) is 0 Å². The molecule has 1 aliphatic carbocycles. The van der Waals surface area contributed by atoms with Crippen molar-refractivity contribution in [3.05, 3.63) is 36.0 Å². The van der Waals surface area contributed by atoms with Crippen LogP contribution in [0.2, 0.25) is 0 Å². The second kappa shape index (κ2) is 3.37. The first kappa shape index (κ1) is 7.29. The minimum atomic E-state index is 0.962. The molecule has 1 aliphatic rings. The standard InChI is InChI=1S/C9H13N/c1-8-3-5-9(6-4-8)7-10-2/h3,5-6,10H,1,4,7H2,2H3. The second-order valence-corrected chi connectivity index (χ2v) is 2.51. The maximum absolute atomic E-state index is 3.86. The lowest BCUT2D eigenvalue weighted by molar-refractivity contribution is 0.888. The van der Waals surface area contributed by atoms with Crippen molar-refractivity contribution >= 4 is 0 Å². The molecule has 0 saturated carbocycles. The van der Waals surface area contributed by atoms with Crippen LogP contribution in [0.3, 0.4) is 0 Å². The Balaban J connectivity index is 2.50. The zero-order valence-electron chi connectivity index (χ0n) is 6.35. The molecule has 0 aliphatic heterocycles. The predicted octanol–water partition coefficient (Wildman–Crippen LogP) is 1.65. The maximum atomic E-state index is 3.86. The number of rotatable bonds is 2. The Morgan fingerprint density at radius 3 is 2.90 bits per heavy atom. The van der Waals surface area contributed by atoms with Crippen molar-refractivity contribution in [1.82, 2.24) is 5.32 Å². The van der Waals surface area contributed by atoms with Gasteiger partial charge in [-0.05, 0) is 19.0 Å². The van der Waals surface area contributed by atoms with Crippen molar-refractivity contribution in [1.29, 1.82) is 0 Å². The molecule has 0 saturated heterocycles. The molecule has 1 nitrogen and oxygen atoms in total. The van der Waals surface area contributed by atoms with Gasteiger partial charge in [0.2, 0.25) is 0 Å². The van der Waals surface area contributed by atoms with E-state index in [1.165, 1.54) is 11.1 Å². The molecule has 1 heteroatoms. The van der Waals surface area contributed by atoms with Crippen molar-refractivity contribution in [2.24, 2.45) is 0 Å². The van der Waals surface area contributed by atoms with Crippen molar-refractivity contribution in [2.75, 3.05) is 13.6 Å². The van der Waals surface area contributed by atoms with Crippen LogP contribution in [0.25, 0.3) is 0 Å². The third-order valence-corrected chi connectivity index (χ3v) is 1.54. The molecule has 0 unspecified atom stereocenters. The third-order valence-electron chi connectivity index (χ3n) is 1.54. The zero-order chi connectivity index (χ0) is 7.40. The van der Waals surface area contributed by atoms with Gasteiger partial charge in [-0.25, -0.2) is 0 Å². The molecule has 54 valence electrons. The van der Waals surface area contributed by atoms with Crippen LogP contribution in [0.4, 0.5) is 0 Å². The van der Waals surface area contributed by atoms with E-state index in [0.29, 0.717) is 0 Å². The van der Waals surface area contributed by atoms with Gasteiger partial charge < -0.3 is 5.32 Å². The Kier molecular flexibility index (Phi) is 2.46. The topological polar surface area (TPSA) is 12.0 Å². The average molecular weight is 135 g/mol. The summed E-state index contributed by atoms with van der Waals surface area (Å²) in [5.74, 6) is 0. The summed E-state index contributed by atoms with van der Waals surface area (Å²) in [4.78, 5) is 0. The highest BCUT2D eigenvalue weighted by Gasteiger charge is 1.96. The molecular formula is C9H13N. The fourth-order valence-electron chi connectivity index (χ4n) is 0.958. The lowest BCUT2D eigenvalue weighted by Crippen LogP contribution is -2.10. The minimum absolute atomic E-state index is 0.962. The summed E-state index contributed by atoms with van der Waals surface area (Å²) in [6, 6.07) is 0. The highest BCUT2D eigenvalue weighted by atomic mass is 14.8. The fourth-order valence-corrected chi connectivity index (χ4v) is 0.958. The van der Waals surface area contributed by atoms with Crippen molar-refractivity contribution < 1.29 is 0 Å². The number of nitrogens with one attached hydrogen (secondary N) is 1. The number of hydrogen-bond acceptors (Lipinski definition) is 1. The Morgan fingerprint density at radius 2 is 2.40 bits per heavy atom. The van der Waals surface area contributed by atoms with Gasteiger partial charge >= 0.3 is 0 Å². The van der Waals surface area contributed by atoms with Gasteiger partial charge in [0.25, 0.3) is 0 Å². The molecule has 10 heavy (non-hydrogen) atoms. The van der Waals surface area contributed by atoms with Gasteiger partial charge in [0.15, 0.2) is 0 Å². The Morgan fingerprint density at radius 1 is 1.60 bits per heavy atom. The van der Waals surface area contributed by atoms with Gasteiger partial charge in [-0.1, -0.05) is 30.4 Å². The largest absolute Gasteiger partial charge is 0.316 e. The molecule has 0 bridgehead atoms. The van der Waals surface area contributed by atoms with E-state index in [9.17, 15) is 0 Å². The minimum Gasteiger partial charge on any atom is -0.316 e. The molecule has 0 aromatic rings. The first-order valence-corrected chi connectivity index (χ1v) is 3.52. The lowest BCUT2D eigenvalue weighted by atomic mass is 10.0. The molecule has 0 aromatic heterocycles. The van der Waals surface area contributed by atoms with Crippen LogP contribution in [0.15, 0.2) is 36.0 Å². The highest BCUT2D eigenvalue weighted by molar-refractivity contribution is 5.34. The summed E-state index contributed by atoms with van der Waals surface area (Å²) < 4.78 is 0. The van der Waals surface area contributed by atoms with Gasteiger partial charge in [0, 0.05) is 6.54 Å². The Labute approximate surface area is 62.1 Å². The molecule has 1 rings (SSSR count). The van der Waals surface area contributed by atoms with E-state index in [-0.39, 0.29) is 0 Å². The van der Waals surface area contributed by atoms with Crippen LogP contribution in [0.1, 0.15) is 6.42 Å². The van der Waals surface area contributed by atoms with Crippen LogP contribution in [0.5, 0.6) is 0 Å². The summed E-state index contributed by atoms with van der Waals surface area (Å²) in [5, 5.41) is 3.10. The summed E-state index contributed by atoms with van der Waals surface area (Å²) in [7, 11) is 1.96. The number of likely N-dealkylation sites (N-methyl/N-ethyl adjacent to an activating group) is 1. The average Bonchev–Trinajstić information content (AvgIpc) is 1.95. The third kappa shape index (κ3) is 1.85. The van der Waals surface area contributed by atoms with Gasteiger partial charge in [-0.15, -0.1) is 0 Å². The molecule has 0 fully saturated rings. The second-order valence-electron chi connectivity index (χ2n) is 2.51. The SMILES string of the molecule is C=C1C=CC(CNC)=CC1. The summed E-state index contributed by atoms with van der Waals surface area (Å²) >= 11 is 0. The fraction of sp³-hybridized carbons (Fsp3) is 0.333. The molecule has 0 radical (unpaired) electrons. The summed E-state index contributed by atoms with van der Waals surface area (Å²) in [6.07, 6.45) is 7.40. The first-order chi connectivity index (χ1) is 4.83. The molecule has 0 spiro atoms. The van der Waals surface area contributed by atoms with Crippen molar-refractivity contribution in [3.63, 3.8) is 0 Å². The van der Waals surface area contributed by atoms with E-state index in [0.717, 1.165) is 13.0 Å². The van der Waals surface area contributed by atoms with E-state index >= 15 is 0 Å². The zero-order valence-corrected chi connectivity index (χ0v) is 6.35. The van der Waals surface area contributed by atoms with Crippen molar-refractivity contribution in [3.8, 4) is 0 Å². The number of hydrogen-bond donors (Lipinski definition) is 1.